The van der Waals surface area contributed by atoms with E-state index in [1.807, 2.05) is 59.4 Å². The number of aromatic nitrogens is 4. The van der Waals surface area contributed by atoms with Crippen LogP contribution in [0.25, 0.3) is 27.8 Å². The Kier molecular flexibility index (Phi) is 5.20. The topological polar surface area (TPSA) is 82.8 Å². The van der Waals surface area contributed by atoms with Gasteiger partial charge >= 0.3 is 0 Å². The molecule has 170 valence electrons. The van der Waals surface area contributed by atoms with E-state index >= 15 is 0 Å². The molecule has 0 aliphatic carbocycles. The van der Waals surface area contributed by atoms with Crippen molar-refractivity contribution in [2.75, 3.05) is 36.6 Å². The number of hydrazone groups is 1. The molecule has 0 radical (unpaired) electrons. The van der Waals surface area contributed by atoms with E-state index in [4.69, 9.17) is 14.8 Å². The second-order valence-electron chi connectivity index (χ2n) is 8.38. The number of para-hydroxylation sites is 1. The lowest BCUT2D eigenvalue weighted by Gasteiger charge is -2.29. The number of aryl methyl sites for hydroxylation is 1. The zero-order valence-corrected chi connectivity index (χ0v) is 18.9. The molecule has 1 saturated heterocycles. The lowest BCUT2D eigenvalue weighted by Crippen LogP contribution is -2.37. The number of hydrogen-bond donors (Lipinski definition) is 2. The molecule has 2 aromatic carbocycles. The summed E-state index contributed by atoms with van der Waals surface area (Å²) < 4.78 is 7.47. The Morgan fingerprint density at radius 3 is 2.76 bits per heavy atom. The number of nitrogens with one attached hydrogen (secondary N) is 2. The molecule has 0 bridgehead atoms. The van der Waals surface area contributed by atoms with Gasteiger partial charge < -0.3 is 14.6 Å². The van der Waals surface area contributed by atoms with Gasteiger partial charge in [-0.15, -0.1) is 0 Å². The fourth-order valence-electron chi connectivity index (χ4n) is 4.38. The first kappa shape index (κ1) is 20.4. The summed E-state index contributed by atoms with van der Waals surface area (Å²) in [6.45, 7) is 5.08. The molecule has 0 spiro atoms. The lowest BCUT2D eigenvalue weighted by molar-refractivity contribution is 0.122. The molecule has 8 nitrogen and oxygen atoms in total. The molecule has 6 rings (SSSR count). The summed E-state index contributed by atoms with van der Waals surface area (Å²) in [5.41, 5.74) is 9.15. The largest absolute Gasteiger partial charge is 0.378 e. The highest BCUT2D eigenvalue weighted by atomic mass is 16.5. The summed E-state index contributed by atoms with van der Waals surface area (Å²) in [6.07, 6.45) is 3.84. The second kappa shape index (κ2) is 8.64. The molecule has 0 saturated carbocycles. The second-order valence-corrected chi connectivity index (χ2v) is 8.38. The number of hydrogen-bond acceptors (Lipinski definition) is 6. The summed E-state index contributed by atoms with van der Waals surface area (Å²) >= 11 is 0. The number of benzene rings is 2. The smallest absolute Gasteiger partial charge is 0.160 e. The lowest BCUT2D eigenvalue weighted by atomic mass is 10.1. The zero-order valence-electron chi connectivity index (χ0n) is 18.9. The molecule has 0 amide bonds. The third-order valence-corrected chi connectivity index (χ3v) is 6.15. The van der Waals surface area contributed by atoms with Gasteiger partial charge in [-0.05, 0) is 12.5 Å². The average molecular weight is 452 g/mol. The third-order valence-electron chi connectivity index (χ3n) is 6.15. The number of ether oxygens (including phenoxy) is 1. The van der Waals surface area contributed by atoms with E-state index in [9.17, 15) is 0 Å². The Morgan fingerprint density at radius 2 is 1.91 bits per heavy atom. The maximum atomic E-state index is 5.56. The molecule has 5 aromatic rings. The maximum Gasteiger partial charge on any atom is 0.160 e. The van der Waals surface area contributed by atoms with Gasteiger partial charge in [0.2, 0.25) is 0 Å². The zero-order chi connectivity index (χ0) is 22.9. The van der Waals surface area contributed by atoms with E-state index in [1.165, 1.54) is 10.9 Å². The summed E-state index contributed by atoms with van der Waals surface area (Å²) in [6, 6.07) is 20.4. The van der Waals surface area contributed by atoms with Gasteiger partial charge in [0.1, 0.15) is 5.82 Å². The van der Waals surface area contributed by atoms with Crippen molar-refractivity contribution in [3.63, 3.8) is 0 Å². The van der Waals surface area contributed by atoms with Crippen LogP contribution in [-0.2, 0) is 4.74 Å². The Bertz CT molecular complexity index is 1480. The summed E-state index contributed by atoms with van der Waals surface area (Å²) in [5.74, 6) is 1.63. The van der Waals surface area contributed by atoms with Crippen LogP contribution >= 0.6 is 0 Å². The number of anilines is 2. The predicted molar refractivity (Wildman–Crippen MR) is 136 cm³/mol. The molecule has 0 unspecified atom stereocenters. The van der Waals surface area contributed by atoms with Gasteiger partial charge in [0.25, 0.3) is 0 Å². The van der Waals surface area contributed by atoms with Crippen LogP contribution in [0.3, 0.4) is 0 Å². The molecule has 34 heavy (non-hydrogen) atoms. The van der Waals surface area contributed by atoms with Crippen molar-refractivity contribution in [1.82, 2.24) is 19.6 Å². The van der Waals surface area contributed by atoms with E-state index in [2.05, 4.69) is 45.5 Å². The number of morpholine rings is 1. The first-order valence-corrected chi connectivity index (χ1v) is 11.4. The van der Waals surface area contributed by atoms with E-state index in [0.717, 1.165) is 46.9 Å². The molecule has 1 fully saturated rings. The molecule has 3 aromatic heterocycles. The Morgan fingerprint density at radius 1 is 1.06 bits per heavy atom. The highest BCUT2D eigenvalue weighted by Crippen LogP contribution is 2.26. The normalized spacial score (nSPS) is 14.4. The Hall–Kier alpha value is -4.17. The minimum atomic E-state index is 0.666. The van der Waals surface area contributed by atoms with Crippen LogP contribution in [0.4, 0.5) is 11.6 Å². The van der Waals surface area contributed by atoms with Crippen molar-refractivity contribution in [3.05, 3.63) is 78.0 Å². The Balaban J connectivity index is 1.36. The quantitative estimate of drug-likeness (QED) is 0.304. The highest BCUT2D eigenvalue weighted by molar-refractivity contribution is 5.99. The van der Waals surface area contributed by atoms with Crippen LogP contribution in [0.1, 0.15) is 11.1 Å². The average Bonchev–Trinajstić information content (AvgIpc) is 3.49. The third kappa shape index (κ3) is 3.78. The number of nitrogens with zero attached hydrogens (tertiary/aromatic N) is 5. The molecule has 1 aliphatic rings. The van der Waals surface area contributed by atoms with Crippen molar-refractivity contribution in [3.8, 4) is 11.3 Å². The molecular weight excluding hydrogens is 426 g/mol. The minimum absolute atomic E-state index is 0.666. The van der Waals surface area contributed by atoms with Gasteiger partial charge in [-0.2, -0.15) is 14.7 Å². The first-order valence-electron chi connectivity index (χ1n) is 11.4. The fraction of sp³-hybridized carbons (Fsp3) is 0.192. The number of rotatable bonds is 5. The molecule has 0 atom stereocenters. The van der Waals surface area contributed by atoms with Gasteiger partial charge in [0.05, 0.1) is 30.6 Å². The van der Waals surface area contributed by atoms with E-state index in [1.54, 1.807) is 0 Å². The first-order chi connectivity index (χ1) is 16.8. The van der Waals surface area contributed by atoms with Crippen molar-refractivity contribution < 1.29 is 4.74 Å². The van der Waals surface area contributed by atoms with Crippen LogP contribution in [0.2, 0.25) is 0 Å². The standard InChI is InChI=1S/C26H25N7O/c1-18-16-27-26-20(8-5-9-21(18)26)17-28-30-23-15-25(32-10-12-34-13-11-32)33-24(29-23)14-22(31-33)19-6-3-2-4-7-19/h2-9,14-17,27H,10-13H2,1H3,(H,29,30). The Labute approximate surface area is 196 Å². The van der Waals surface area contributed by atoms with Crippen LogP contribution in [-0.4, -0.2) is 52.1 Å². The highest BCUT2D eigenvalue weighted by Gasteiger charge is 2.18. The maximum absolute atomic E-state index is 5.56. The summed E-state index contributed by atoms with van der Waals surface area (Å²) in [7, 11) is 0. The van der Waals surface area contributed by atoms with Crippen molar-refractivity contribution in [1.29, 1.82) is 0 Å². The summed E-state index contributed by atoms with van der Waals surface area (Å²) in [5, 5.41) is 10.6. The monoisotopic (exact) mass is 451 g/mol. The van der Waals surface area contributed by atoms with Gasteiger partial charge in [0, 0.05) is 47.9 Å². The minimum Gasteiger partial charge on any atom is -0.378 e. The van der Waals surface area contributed by atoms with Crippen LogP contribution in [0.15, 0.2) is 72.0 Å². The van der Waals surface area contributed by atoms with Crippen LogP contribution in [0, 0.1) is 6.92 Å². The van der Waals surface area contributed by atoms with Crippen molar-refractivity contribution in [2.45, 2.75) is 6.92 Å². The molecule has 2 N–H and O–H groups in total. The molecular formula is C26H25N7O. The number of H-pyrrole nitrogens is 1. The van der Waals surface area contributed by atoms with Gasteiger partial charge in [-0.1, -0.05) is 48.5 Å². The molecule has 4 heterocycles. The van der Waals surface area contributed by atoms with Crippen LogP contribution in [0.5, 0.6) is 0 Å². The van der Waals surface area contributed by atoms with E-state index < -0.39 is 0 Å². The van der Waals surface area contributed by atoms with Crippen LogP contribution < -0.4 is 10.3 Å². The van der Waals surface area contributed by atoms with Gasteiger partial charge in [-0.25, -0.2) is 4.98 Å². The van der Waals surface area contributed by atoms with E-state index in [-0.39, 0.29) is 0 Å². The fourth-order valence-corrected chi connectivity index (χ4v) is 4.38. The predicted octanol–water partition coefficient (Wildman–Crippen LogP) is 4.47. The SMILES string of the molecule is Cc1c[nH]c2c(C=NNc3cc(N4CCOCC4)n4nc(-c5ccccc5)cc4n3)cccc12. The van der Waals surface area contributed by atoms with Crippen molar-refractivity contribution >= 4 is 34.4 Å². The van der Waals surface area contributed by atoms with Gasteiger partial charge in [0.15, 0.2) is 11.5 Å². The van der Waals surface area contributed by atoms with E-state index in [0.29, 0.717) is 19.0 Å². The van der Waals surface area contributed by atoms with Crippen molar-refractivity contribution in [2.24, 2.45) is 5.10 Å². The number of aromatic amines is 1. The summed E-state index contributed by atoms with van der Waals surface area (Å²) in [4.78, 5) is 10.4. The number of fused-ring (bicyclic) bond motifs is 2. The van der Waals surface area contributed by atoms with Gasteiger partial charge in [-0.3, -0.25) is 5.43 Å². The molecule has 1 aliphatic heterocycles. The molecule has 8 heteroatoms.